The molecule has 0 saturated carbocycles. The van der Waals surface area contributed by atoms with Crippen molar-refractivity contribution in [3.8, 4) is 0 Å². The molecule has 16 heavy (non-hydrogen) atoms. The molecule has 0 nitrogen and oxygen atoms in total. The molecule has 0 aromatic carbocycles. The van der Waals surface area contributed by atoms with Crippen molar-refractivity contribution in [2.45, 2.75) is 53.9 Å². The highest BCUT2D eigenvalue weighted by molar-refractivity contribution is 5.22. The largest absolute Gasteiger partial charge is 0.0856 e. The van der Waals surface area contributed by atoms with Crippen molar-refractivity contribution in [2.24, 2.45) is 0 Å². The van der Waals surface area contributed by atoms with Crippen LogP contribution in [0.1, 0.15) is 53.9 Å². The minimum absolute atomic E-state index is 1.11. The molecule has 0 atom stereocenters. The van der Waals surface area contributed by atoms with Gasteiger partial charge in [-0.15, -0.1) is 0 Å². The second kappa shape index (κ2) is 9.21. The topological polar surface area (TPSA) is 0 Å². The van der Waals surface area contributed by atoms with Gasteiger partial charge in [-0.25, -0.2) is 0 Å². The summed E-state index contributed by atoms with van der Waals surface area (Å²) in [5.41, 5.74) is 4.19. The van der Waals surface area contributed by atoms with E-state index in [1.54, 1.807) is 0 Å². The van der Waals surface area contributed by atoms with Crippen molar-refractivity contribution < 1.29 is 0 Å². The molecule has 0 unspecified atom stereocenters. The van der Waals surface area contributed by atoms with Crippen LogP contribution in [0.15, 0.2) is 47.1 Å². The van der Waals surface area contributed by atoms with Crippen LogP contribution in [-0.2, 0) is 0 Å². The van der Waals surface area contributed by atoms with Crippen LogP contribution in [0.25, 0.3) is 0 Å². The van der Waals surface area contributed by atoms with Gasteiger partial charge in [0.25, 0.3) is 0 Å². The van der Waals surface area contributed by atoms with Gasteiger partial charge in [0.05, 0.1) is 0 Å². The quantitative estimate of drug-likeness (QED) is 0.402. The maximum absolute atomic E-state index is 2.29. The minimum atomic E-state index is 1.11. The van der Waals surface area contributed by atoms with E-state index in [9.17, 15) is 0 Å². The predicted octanol–water partition coefficient (Wildman–Crippen LogP) is 5.59. The van der Waals surface area contributed by atoms with Gasteiger partial charge in [-0.1, -0.05) is 54.0 Å². The smallest absolute Gasteiger partial charge is 0.0285 e. The molecule has 0 saturated heterocycles. The molecular weight excluding hydrogens is 192 g/mol. The van der Waals surface area contributed by atoms with Crippen LogP contribution < -0.4 is 0 Å². The van der Waals surface area contributed by atoms with Gasteiger partial charge in [0, 0.05) is 0 Å². The van der Waals surface area contributed by atoms with Crippen LogP contribution in [0.3, 0.4) is 0 Å². The number of allylic oxidation sites excluding steroid dienone is 8. The summed E-state index contributed by atoms with van der Waals surface area (Å²) in [7, 11) is 0. The molecule has 0 bridgehead atoms. The van der Waals surface area contributed by atoms with Gasteiger partial charge in [0.2, 0.25) is 0 Å². The van der Waals surface area contributed by atoms with Gasteiger partial charge in [0.15, 0.2) is 0 Å². The summed E-state index contributed by atoms with van der Waals surface area (Å²) in [6.45, 7) is 10.8. The highest BCUT2D eigenvalue weighted by Gasteiger charge is 1.86. The highest BCUT2D eigenvalue weighted by atomic mass is 13.9. The first-order chi connectivity index (χ1) is 7.56. The van der Waals surface area contributed by atoms with Crippen molar-refractivity contribution in [1.82, 2.24) is 0 Å². The van der Waals surface area contributed by atoms with Gasteiger partial charge < -0.3 is 0 Å². The second-order valence-electron chi connectivity index (χ2n) is 4.55. The van der Waals surface area contributed by atoms with Gasteiger partial charge in [-0.05, 0) is 47.0 Å². The average Bonchev–Trinajstić information content (AvgIpc) is 2.17. The second-order valence-corrected chi connectivity index (χ2v) is 4.55. The van der Waals surface area contributed by atoms with Crippen LogP contribution in [0, 0.1) is 0 Å². The van der Waals surface area contributed by atoms with Crippen LogP contribution in [0.5, 0.6) is 0 Å². The van der Waals surface area contributed by atoms with E-state index in [-0.39, 0.29) is 0 Å². The molecule has 0 aromatic rings. The average molecular weight is 218 g/mol. The standard InChI is InChI=1S/C16H26/c1-6-9-15(4)12-8-13-16(5)11-7-10-14(2)3/h8-10,12-13H,6-7,11H2,1-5H3. The van der Waals surface area contributed by atoms with Crippen LogP contribution in [0.2, 0.25) is 0 Å². The predicted molar refractivity (Wildman–Crippen MR) is 75.6 cm³/mol. The van der Waals surface area contributed by atoms with Gasteiger partial charge in [-0.3, -0.25) is 0 Å². The van der Waals surface area contributed by atoms with Crippen LogP contribution in [-0.4, -0.2) is 0 Å². The Bertz CT molecular complexity index is 294. The summed E-state index contributed by atoms with van der Waals surface area (Å²) < 4.78 is 0. The number of hydrogen-bond acceptors (Lipinski definition) is 0. The molecule has 0 fully saturated rings. The Labute approximate surface area is 101 Å². The molecule has 0 aliphatic carbocycles. The zero-order valence-electron chi connectivity index (χ0n) is 11.5. The van der Waals surface area contributed by atoms with E-state index in [4.69, 9.17) is 0 Å². The van der Waals surface area contributed by atoms with E-state index in [0.717, 1.165) is 19.3 Å². The zero-order chi connectivity index (χ0) is 12.4. The third kappa shape index (κ3) is 9.51. The molecule has 0 heteroatoms. The molecule has 0 aromatic heterocycles. The van der Waals surface area contributed by atoms with Crippen molar-refractivity contribution in [2.75, 3.05) is 0 Å². The summed E-state index contributed by atoms with van der Waals surface area (Å²) >= 11 is 0. The maximum atomic E-state index is 2.29. The maximum Gasteiger partial charge on any atom is -0.0285 e. The zero-order valence-corrected chi connectivity index (χ0v) is 11.5. The Balaban J connectivity index is 4.04. The minimum Gasteiger partial charge on any atom is -0.0856 e. The molecule has 0 radical (unpaired) electrons. The van der Waals surface area contributed by atoms with Gasteiger partial charge in [-0.2, -0.15) is 0 Å². The van der Waals surface area contributed by atoms with E-state index in [0.29, 0.717) is 0 Å². The summed E-state index contributed by atoms with van der Waals surface area (Å²) in [4.78, 5) is 0. The van der Waals surface area contributed by atoms with Gasteiger partial charge >= 0.3 is 0 Å². The van der Waals surface area contributed by atoms with Gasteiger partial charge in [0.1, 0.15) is 0 Å². The van der Waals surface area contributed by atoms with Crippen LogP contribution >= 0.6 is 0 Å². The lowest BCUT2D eigenvalue weighted by Gasteiger charge is -1.96. The fourth-order valence-corrected chi connectivity index (χ4v) is 1.43. The monoisotopic (exact) mass is 218 g/mol. The fraction of sp³-hybridized carbons (Fsp3) is 0.500. The number of rotatable bonds is 6. The third-order valence-electron chi connectivity index (χ3n) is 2.36. The molecule has 0 N–H and O–H groups in total. The molecule has 0 aliphatic rings. The van der Waals surface area contributed by atoms with Crippen molar-refractivity contribution in [3.05, 3.63) is 47.1 Å². The van der Waals surface area contributed by atoms with Crippen molar-refractivity contribution in [1.29, 1.82) is 0 Å². The lowest BCUT2D eigenvalue weighted by atomic mass is 10.1. The van der Waals surface area contributed by atoms with Crippen molar-refractivity contribution >= 4 is 0 Å². The lowest BCUT2D eigenvalue weighted by molar-refractivity contribution is 0.967. The third-order valence-corrected chi connectivity index (χ3v) is 2.36. The van der Waals surface area contributed by atoms with Crippen molar-refractivity contribution in [3.63, 3.8) is 0 Å². The number of hydrogen-bond donors (Lipinski definition) is 0. The molecular formula is C16H26. The lowest BCUT2D eigenvalue weighted by Crippen LogP contribution is -1.76. The van der Waals surface area contributed by atoms with E-state index in [1.165, 1.54) is 16.7 Å². The normalized spacial score (nSPS) is 13.3. The van der Waals surface area contributed by atoms with E-state index >= 15 is 0 Å². The Morgan fingerprint density at radius 3 is 2.25 bits per heavy atom. The first kappa shape index (κ1) is 15.0. The Kier molecular flexibility index (Phi) is 8.61. The van der Waals surface area contributed by atoms with Crippen LogP contribution in [0.4, 0.5) is 0 Å². The molecule has 0 heterocycles. The molecule has 0 amide bonds. The fourth-order valence-electron chi connectivity index (χ4n) is 1.43. The molecule has 0 rings (SSSR count). The first-order valence-corrected chi connectivity index (χ1v) is 6.20. The summed E-state index contributed by atoms with van der Waals surface area (Å²) in [6, 6.07) is 0. The van der Waals surface area contributed by atoms with E-state index < -0.39 is 0 Å². The Hall–Kier alpha value is -1.04. The molecule has 0 spiro atoms. The van der Waals surface area contributed by atoms with E-state index in [2.05, 4.69) is 65.0 Å². The molecule has 90 valence electrons. The summed E-state index contributed by atoms with van der Waals surface area (Å²) in [6.07, 6.45) is 14.5. The van der Waals surface area contributed by atoms with E-state index in [1.807, 2.05) is 0 Å². The first-order valence-electron chi connectivity index (χ1n) is 6.20. The SMILES string of the molecule is CCC=C(C)C=CC=C(C)CCC=C(C)C. The Morgan fingerprint density at radius 2 is 1.69 bits per heavy atom. The summed E-state index contributed by atoms with van der Waals surface area (Å²) in [5, 5.41) is 0. The highest BCUT2D eigenvalue weighted by Crippen LogP contribution is 2.07. The summed E-state index contributed by atoms with van der Waals surface area (Å²) in [5.74, 6) is 0. The Morgan fingerprint density at radius 1 is 1.00 bits per heavy atom. The molecule has 0 aliphatic heterocycles.